The fraction of sp³-hybridized carbons (Fsp3) is 0.529. The molecule has 1 fully saturated rings. The van der Waals surface area contributed by atoms with E-state index in [2.05, 4.69) is 5.16 Å². The van der Waals surface area contributed by atoms with Crippen molar-refractivity contribution in [3.05, 3.63) is 35.4 Å². The number of carbonyl (C=O) groups excluding carboxylic acids is 1. The Bertz CT molecular complexity index is 551. The first kappa shape index (κ1) is 17.3. The largest absolute Gasteiger partial charge is 0.389 e. The van der Waals surface area contributed by atoms with Crippen LogP contribution in [0.1, 0.15) is 35.2 Å². The zero-order chi connectivity index (χ0) is 16.7. The first-order chi connectivity index (χ1) is 11.1. The lowest BCUT2D eigenvalue weighted by atomic mass is 10.1. The van der Waals surface area contributed by atoms with E-state index in [4.69, 9.17) is 10.6 Å². The smallest absolute Gasteiger partial charge is 0.253 e. The lowest BCUT2D eigenvalue weighted by molar-refractivity contribution is 0.0723. The third kappa shape index (κ3) is 5.56. The Labute approximate surface area is 137 Å². The summed E-state index contributed by atoms with van der Waals surface area (Å²) in [5, 5.41) is 3.88. The highest BCUT2D eigenvalue weighted by atomic mass is 16.6. The van der Waals surface area contributed by atoms with Gasteiger partial charge in [0, 0.05) is 18.7 Å². The van der Waals surface area contributed by atoms with E-state index in [-0.39, 0.29) is 5.91 Å². The molecule has 0 unspecified atom stereocenters. The minimum atomic E-state index is 0.0992. The molecule has 0 bridgehead atoms. The second-order valence-corrected chi connectivity index (χ2v) is 6.15. The van der Waals surface area contributed by atoms with E-state index in [1.807, 2.05) is 48.2 Å². The number of oxime groups is 1. The van der Waals surface area contributed by atoms with Crippen molar-refractivity contribution in [1.29, 1.82) is 0 Å². The number of carbonyl (C=O) groups is 1. The Morgan fingerprint density at radius 3 is 2.74 bits per heavy atom. The van der Waals surface area contributed by atoms with Gasteiger partial charge in [0.2, 0.25) is 0 Å². The van der Waals surface area contributed by atoms with Crippen LogP contribution in [-0.4, -0.2) is 55.3 Å². The molecule has 23 heavy (non-hydrogen) atoms. The van der Waals surface area contributed by atoms with Crippen molar-refractivity contribution < 1.29 is 9.63 Å². The van der Waals surface area contributed by atoms with Crippen LogP contribution in [-0.2, 0) is 11.4 Å². The number of nitrogens with two attached hydrogens (primary N) is 1. The number of hydrogen-bond acceptors (Lipinski definition) is 4. The monoisotopic (exact) mass is 318 g/mol. The number of amidine groups is 1. The summed E-state index contributed by atoms with van der Waals surface area (Å²) in [7, 11) is 3.83. The van der Waals surface area contributed by atoms with Gasteiger partial charge in [-0.3, -0.25) is 4.79 Å². The Hall–Kier alpha value is -2.08. The molecule has 1 aromatic carbocycles. The van der Waals surface area contributed by atoms with Crippen LogP contribution in [0.3, 0.4) is 0 Å². The molecule has 126 valence electrons. The average Bonchev–Trinajstić information content (AvgIpc) is 2.54. The molecule has 1 aliphatic heterocycles. The first-order valence-corrected chi connectivity index (χ1v) is 8.03. The van der Waals surface area contributed by atoms with Crippen molar-refractivity contribution in [2.24, 2.45) is 10.9 Å². The zero-order valence-corrected chi connectivity index (χ0v) is 14.0. The summed E-state index contributed by atoms with van der Waals surface area (Å²) in [6.45, 7) is 2.55. The summed E-state index contributed by atoms with van der Waals surface area (Å²) in [4.78, 5) is 21.6. The molecule has 1 amide bonds. The van der Waals surface area contributed by atoms with Gasteiger partial charge in [-0.1, -0.05) is 17.3 Å². The molecule has 6 heteroatoms. The standard InChI is InChI=1S/C17H26N4O2/c1-20(2)12-16(18)19-23-13-14-7-6-8-15(11-14)17(22)21-9-4-3-5-10-21/h6-8,11H,3-5,9-10,12-13H2,1-2H3,(H2,18,19). The molecule has 0 saturated carbocycles. The van der Waals surface area contributed by atoms with Crippen LogP contribution >= 0.6 is 0 Å². The quantitative estimate of drug-likeness (QED) is 0.492. The molecule has 0 aromatic heterocycles. The van der Waals surface area contributed by atoms with Gasteiger partial charge in [-0.05, 0) is 51.1 Å². The number of piperidine rings is 1. The highest BCUT2D eigenvalue weighted by molar-refractivity contribution is 5.94. The molecule has 0 aliphatic carbocycles. The molecule has 1 aliphatic rings. The van der Waals surface area contributed by atoms with Crippen molar-refractivity contribution in [3.63, 3.8) is 0 Å². The molecule has 0 atom stereocenters. The normalized spacial score (nSPS) is 15.8. The fourth-order valence-electron chi connectivity index (χ4n) is 2.62. The van der Waals surface area contributed by atoms with Gasteiger partial charge in [0.15, 0.2) is 5.84 Å². The van der Waals surface area contributed by atoms with Gasteiger partial charge in [0.05, 0.1) is 6.54 Å². The summed E-state index contributed by atoms with van der Waals surface area (Å²) in [6, 6.07) is 7.52. The number of benzene rings is 1. The molecular weight excluding hydrogens is 292 g/mol. The lowest BCUT2D eigenvalue weighted by Gasteiger charge is -2.26. The predicted molar refractivity (Wildman–Crippen MR) is 91.2 cm³/mol. The van der Waals surface area contributed by atoms with Crippen LogP contribution in [0.15, 0.2) is 29.4 Å². The van der Waals surface area contributed by atoms with Crippen LogP contribution in [0.5, 0.6) is 0 Å². The zero-order valence-electron chi connectivity index (χ0n) is 14.0. The first-order valence-electron chi connectivity index (χ1n) is 8.03. The number of nitrogens with zero attached hydrogens (tertiary/aromatic N) is 3. The minimum Gasteiger partial charge on any atom is -0.389 e. The summed E-state index contributed by atoms with van der Waals surface area (Å²) >= 11 is 0. The highest BCUT2D eigenvalue weighted by Gasteiger charge is 2.18. The van der Waals surface area contributed by atoms with Gasteiger partial charge in [-0.2, -0.15) is 0 Å². The summed E-state index contributed by atoms with van der Waals surface area (Å²) in [5.41, 5.74) is 7.36. The molecular formula is C17H26N4O2. The van der Waals surface area contributed by atoms with Gasteiger partial charge in [-0.15, -0.1) is 0 Å². The second kappa shape index (κ2) is 8.53. The third-order valence-corrected chi connectivity index (χ3v) is 3.71. The van der Waals surface area contributed by atoms with Crippen molar-refractivity contribution in [2.45, 2.75) is 25.9 Å². The number of rotatable bonds is 6. The second-order valence-electron chi connectivity index (χ2n) is 6.15. The van der Waals surface area contributed by atoms with Crippen molar-refractivity contribution in [3.8, 4) is 0 Å². The minimum absolute atomic E-state index is 0.0992. The highest BCUT2D eigenvalue weighted by Crippen LogP contribution is 2.14. The summed E-state index contributed by atoms with van der Waals surface area (Å²) in [6.07, 6.45) is 3.40. The Morgan fingerprint density at radius 1 is 1.30 bits per heavy atom. The molecule has 2 rings (SSSR count). The Balaban J connectivity index is 1.92. The summed E-state index contributed by atoms with van der Waals surface area (Å²) in [5.74, 6) is 0.526. The van der Waals surface area contributed by atoms with E-state index in [9.17, 15) is 4.79 Å². The topological polar surface area (TPSA) is 71.2 Å². The van der Waals surface area contributed by atoms with Gasteiger partial charge in [0.25, 0.3) is 5.91 Å². The van der Waals surface area contributed by atoms with Crippen molar-refractivity contribution in [1.82, 2.24) is 9.80 Å². The molecule has 0 spiro atoms. The number of amides is 1. The van der Waals surface area contributed by atoms with Crippen LogP contribution in [0.2, 0.25) is 0 Å². The van der Waals surface area contributed by atoms with Crippen LogP contribution in [0.25, 0.3) is 0 Å². The van der Waals surface area contributed by atoms with E-state index < -0.39 is 0 Å². The number of likely N-dealkylation sites (tertiary alicyclic amines) is 1. The lowest BCUT2D eigenvalue weighted by Crippen LogP contribution is -2.35. The van der Waals surface area contributed by atoms with E-state index in [0.29, 0.717) is 24.6 Å². The maximum absolute atomic E-state index is 12.5. The van der Waals surface area contributed by atoms with Gasteiger partial charge >= 0.3 is 0 Å². The van der Waals surface area contributed by atoms with Gasteiger partial charge in [0.1, 0.15) is 6.61 Å². The maximum atomic E-state index is 12.5. The Morgan fingerprint density at radius 2 is 2.04 bits per heavy atom. The van der Waals surface area contributed by atoms with Crippen molar-refractivity contribution in [2.75, 3.05) is 33.7 Å². The van der Waals surface area contributed by atoms with E-state index in [0.717, 1.165) is 31.5 Å². The van der Waals surface area contributed by atoms with Crippen LogP contribution < -0.4 is 5.73 Å². The molecule has 1 heterocycles. The predicted octanol–water partition coefficient (Wildman–Crippen LogP) is 1.66. The van der Waals surface area contributed by atoms with Gasteiger partial charge in [-0.25, -0.2) is 0 Å². The SMILES string of the molecule is CN(C)C/C(N)=N/OCc1cccc(C(=O)N2CCCCC2)c1. The molecule has 0 radical (unpaired) electrons. The maximum Gasteiger partial charge on any atom is 0.253 e. The molecule has 1 aromatic rings. The number of hydrogen-bond donors (Lipinski definition) is 1. The third-order valence-electron chi connectivity index (χ3n) is 3.71. The van der Waals surface area contributed by atoms with Crippen LogP contribution in [0.4, 0.5) is 0 Å². The van der Waals surface area contributed by atoms with Crippen LogP contribution in [0, 0.1) is 0 Å². The number of likely N-dealkylation sites (N-methyl/N-ethyl adjacent to an activating group) is 1. The van der Waals surface area contributed by atoms with Gasteiger partial charge < -0.3 is 20.4 Å². The van der Waals surface area contributed by atoms with Crippen molar-refractivity contribution >= 4 is 11.7 Å². The van der Waals surface area contributed by atoms with E-state index in [1.54, 1.807) is 0 Å². The van der Waals surface area contributed by atoms with E-state index in [1.165, 1.54) is 6.42 Å². The average molecular weight is 318 g/mol. The molecule has 1 saturated heterocycles. The Kier molecular flexibility index (Phi) is 6.40. The van der Waals surface area contributed by atoms with E-state index >= 15 is 0 Å². The molecule has 2 N–H and O–H groups in total. The molecule has 6 nitrogen and oxygen atoms in total. The summed E-state index contributed by atoms with van der Waals surface area (Å²) < 4.78 is 0. The fourth-order valence-corrected chi connectivity index (χ4v) is 2.62.